The molecule has 0 fully saturated rings. The van der Waals surface area contributed by atoms with Crippen molar-refractivity contribution >= 4 is 0 Å². The highest BCUT2D eigenvalue weighted by Gasteiger charge is 1.99. The van der Waals surface area contributed by atoms with Crippen molar-refractivity contribution in [2.24, 2.45) is 0 Å². The zero-order valence-corrected chi connectivity index (χ0v) is 5.87. The van der Waals surface area contributed by atoms with Crippen LogP contribution in [0.15, 0.2) is 0 Å². The fourth-order valence-corrected chi connectivity index (χ4v) is 0.506. The SMILES string of the molecule is CC#CC[C@H](F)CNC. The highest BCUT2D eigenvalue weighted by Crippen LogP contribution is 1.92. The smallest absolute Gasteiger partial charge is 0.123 e. The molecule has 9 heavy (non-hydrogen) atoms. The van der Waals surface area contributed by atoms with E-state index in [4.69, 9.17) is 0 Å². The molecule has 0 saturated heterocycles. The first-order chi connectivity index (χ1) is 4.31. The lowest BCUT2D eigenvalue weighted by molar-refractivity contribution is 0.332. The van der Waals surface area contributed by atoms with E-state index in [-0.39, 0.29) is 0 Å². The van der Waals surface area contributed by atoms with Gasteiger partial charge in [0.05, 0.1) is 0 Å². The molecule has 0 aromatic heterocycles. The number of hydrogen-bond donors (Lipinski definition) is 1. The molecule has 1 nitrogen and oxygen atoms in total. The van der Waals surface area contributed by atoms with Crippen LogP contribution in [0.25, 0.3) is 0 Å². The fourth-order valence-electron chi connectivity index (χ4n) is 0.506. The van der Waals surface area contributed by atoms with E-state index in [1.165, 1.54) is 0 Å². The van der Waals surface area contributed by atoms with Crippen LogP contribution >= 0.6 is 0 Å². The van der Waals surface area contributed by atoms with Crippen molar-refractivity contribution in [2.45, 2.75) is 19.5 Å². The van der Waals surface area contributed by atoms with E-state index in [0.29, 0.717) is 13.0 Å². The number of rotatable bonds is 3. The van der Waals surface area contributed by atoms with Crippen LogP contribution in [-0.4, -0.2) is 19.8 Å². The van der Waals surface area contributed by atoms with E-state index in [0.717, 1.165) is 0 Å². The molecule has 0 aliphatic rings. The molecular formula is C7H12FN. The molecule has 0 amide bonds. The van der Waals surface area contributed by atoms with Gasteiger partial charge in [0.15, 0.2) is 0 Å². The number of hydrogen-bond acceptors (Lipinski definition) is 1. The van der Waals surface area contributed by atoms with Crippen molar-refractivity contribution in [2.75, 3.05) is 13.6 Å². The minimum Gasteiger partial charge on any atom is -0.317 e. The lowest BCUT2D eigenvalue weighted by Gasteiger charge is -2.00. The summed E-state index contributed by atoms with van der Waals surface area (Å²) in [6.45, 7) is 2.11. The van der Waals surface area contributed by atoms with Crippen molar-refractivity contribution in [3.05, 3.63) is 0 Å². The Kier molecular flexibility index (Phi) is 5.24. The molecule has 0 bridgehead atoms. The Balaban J connectivity index is 3.22. The van der Waals surface area contributed by atoms with Crippen LogP contribution in [0.1, 0.15) is 13.3 Å². The third-order valence-corrected chi connectivity index (χ3v) is 0.926. The molecule has 0 aromatic carbocycles. The highest BCUT2D eigenvalue weighted by molar-refractivity contribution is 4.96. The molecule has 1 atom stereocenters. The van der Waals surface area contributed by atoms with Crippen molar-refractivity contribution in [1.29, 1.82) is 0 Å². The first-order valence-corrected chi connectivity index (χ1v) is 2.99. The van der Waals surface area contributed by atoms with Crippen LogP contribution in [0.2, 0.25) is 0 Å². The lowest BCUT2D eigenvalue weighted by atomic mass is 10.3. The predicted octanol–water partition coefficient (Wildman–Crippen LogP) is 0.957. The van der Waals surface area contributed by atoms with Gasteiger partial charge in [-0.25, -0.2) is 4.39 Å². The number of nitrogens with one attached hydrogen (secondary N) is 1. The number of halogens is 1. The van der Waals surface area contributed by atoms with Gasteiger partial charge in [-0.1, -0.05) is 0 Å². The van der Waals surface area contributed by atoms with Gasteiger partial charge in [0.25, 0.3) is 0 Å². The molecule has 0 unspecified atom stereocenters. The van der Waals surface area contributed by atoms with Crippen LogP contribution in [0.4, 0.5) is 4.39 Å². The second kappa shape index (κ2) is 5.58. The van der Waals surface area contributed by atoms with Gasteiger partial charge in [0.1, 0.15) is 6.17 Å². The number of alkyl halides is 1. The van der Waals surface area contributed by atoms with Crippen LogP contribution in [0.3, 0.4) is 0 Å². The molecule has 0 radical (unpaired) electrons. The normalized spacial score (nSPS) is 11.9. The maximum absolute atomic E-state index is 12.4. The van der Waals surface area contributed by atoms with Gasteiger partial charge in [-0.05, 0) is 14.0 Å². The maximum atomic E-state index is 12.4. The lowest BCUT2D eigenvalue weighted by Crippen LogP contribution is -2.18. The van der Waals surface area contributed by atoms with Crippen LogP contribution < -0.4 is 5.32 Å². The first-order valence-electron chi connectivity index (χ1n) is 2.99. The van der Waals surface area contributed by atoms with Gasteiger partial charge in [-0.15, -0.1) is 11.8 Å². The van der Waals surface area contributed by atoms with Gasteiger partial charge in [0, 0.05) is 13.0 Å². The van der Waals surface area contributed by atoms with Crippen LogP contribution in [-0.2, 0) is 0 Å². The maximum Gasteiger partial charge on any atom is 0.123 e. The van der Waals surface area contributed by atoms with E-state index < -0.39 is 6.17 Å². The molecule has 2 heteroatoms. The molecular weight excluding hydrogens is 117 g/mol. The summed E-state index contributed by atoms with van der Waals surface area (Å²) in [6.07, 6.45) is -0.473. The summed E-state index contributed by atoms with van der Waals surface area (Å²) in [5.41, 5.74) is 0. The van der Waals surface area contributed by atoms with E-state index in [9.17, 15) is 4.39 Å². The molecule has 0 aliphatic heterocycles. The Morgan fingerprint density at radius 3 is 2.78 bits per heavy atom. The average Bonchev–Trinajstić information content (AvgIpc) is 1.85. The zero-order valence-electron chi connectivity index (χ0n) is 5.87. The topological polar surface area (TPSA) is 12.0 Å². The highest BCUT2D eigenvalue weighted by atomic mass is 19.1. The fraction of sp³-hybridized carbons (Fsp3) is 0.714. The summed E-state index contributed by atoms with van der Waals surface area (Å²) in [5, 5.41) is 2.73. The largest absolute Gasteiger partial charge is 0.317 e. The average molecular weight is 129 g/mol. The third kappa shape index (κ3) is 5.32. The van der Waals surface area contributed by atoms with Crippen molar-refractivity contribution < 1.29 is 4.39 Å². The van der Waals surface area contributed by atoms with E-state index in [2.05, 4.69) is 17.2 Å². The summed E-state index contributed by atoms with van der Waals surface area (Å²) in [7, 11) is 1.73. The second-order valence-electron chi connectivity index (χ2n) is 1.79. The summed E-state index contributed by atoms with van der Waals surface area (Å²) >= 11 is 0. The standard InChI is InChI=1S/C7H12FN/c1-3-4-5-7(8)6-9-2/h7,9H,5-6H2,1-2H3/t7-/m0/s1. The van der Waals surface area contributed by atoms with Gasteiger partial charge in [-0.2, -0.15) is 0 Å². The Labute approximate surface area is 55.6 Å². The van der Waals surface area contributed by atoms with E-state index in [1.54, 1.807) is 14.0 Å². The predicted molar refractivity (Wildman–Crippen MR) is 36.9 cm³/mol. The summed E-state index contributed by atoms with van der Waals surface area (Å²) in [5.74, 6) is 5.31. The minimum absolute atomic E-state index is 0.345. The second-order valence-corrected chi connectivity index (χ2v) is 1.79. The van der Waals surface area contributed by atoms with Crippen LogP contribution in [0, 0.1) is 11.8 Å². The van der Waals surface area contributed by atoms with Gasteiger partial charge >= 0.3 is 0 Å². The van der Waals surface area contributed by atoms with Crippen LogP contribution in [0.5, 0.6) is 0 Å². The molecule has 0 saturated carbocycles. The molecule has 52 valence electrons. The monoisotopic (exact) mass is 129 g/mol. The van der Waals surface area contributed by atoms with Gasteiger partial charge < -0.3 is 5.32 Å². The minimum atomic E-state index is -0.817. The molecule has 0 aliphatic carbocycles. The van der Waals surface area contributed by atoms with Crippen molar-refractivity contribution in [3.8, 4) is 11.8 Å². The molecule has 0 aromatic rings. The zero-order chi connectivity index (χ0) is 7.11. The summed E-state index contributed by atoms with van der Waals surface area (Å²) < 4.78 is 12.4. The Bertz CT molecular complexity index is 112. The van der Waals surface area contributed by atoms with Gasteiger partial charge in [-0.3, -0.25) is 0 Å². The molecule has 0 spiro atoms. The van der Waals surface area contributed by atoms with E-state index >= 15 is 0 Å². The summed E-state index contributed by atoms with van der Waals surface area (Å²) in [4.78, 5) is 0. The van der Waals surface area contributed by atoms with Crippen molar-refractivity contribution in [3.63, 3.8) is 0 Å². The van der Waals surface area contributed by atoms with Gasteiger partial charge in [0.2, 0.25) is 0 Å². The molecule has 0 rings (SSSR count). The Morgan fingerprint density at radius 1 is 1.67 bits per heavy atom. The quantitative estimate of drug-likeness (QED) is 0.559. The van der Waals surface area contributed by atoms with Crippen molar-refractivity contribution in [1.82, 2.24) is 5.32 Å². The Hall–Kier alpha value is -0.550. The van der Waals surface area contributed by atoms with E-state index in [1.807, 2.05) is 0 Å². The molecule has 1 N–H and O–H groups in total. The Morgan fingerprint density at radius 2 is 2.33 bits per heavy atom. The molecule has 0 heterocycles. The first kappa shape index (κ1) is 8.45. The summed E-state index contributed by atoms with van der Waals surface area (Å²) in [6, 6.07) is 0. The third-order valence-electron chi connectivity index (χ3n) is 0.926.